The predicted octanol–water partition coefficient (Wildman–Crippen LogP) is 2.42. The van der Waals surface area contributed by atoms with Crippen LogP contribution in [0, 0.1) is 5.82 Å². The van der Waals surface area contributed by atoms with Gasteiger partial charge in [0, 0.05) is 24.8 Å². The molecule has 1 aliphatic carbocycles. The summed E-state index contributed by atoms with van der Waals surface area (Å²) in [4.78, 5) is 0. The molecule has 3 nitrogen and oxygen atoms in total. The van der Waals surface area contributed by atoms with Gasteiger partial charge in [0.05, 0.1) is 18.8 Å². The average Bonchev–Trinajstić information content (AvgIpc) is 3.11. The van der Waals surface area contributed by atoms with Crippen molar-refractivity contribution < 1.29 is 13.9 Å². The minimum atomic E-state index is -0.228. The van der Waals surface area contributed by atoms with Crippen LogP contribution in [-0.2, 0) is 9.47 Å². The summed E-state index contributed by atoms with van der Waals surface area (Å²) in [7, 11) is 0. The molecule has 2 aliphatic rings. The Kier molecular flexibility index (Phi) is 4.11. The highest BCUT2D eigenvalue weighted by atomic mass is 19.1. The number of hydrogen-bond acceptors (Lipinski definition) is 3. The number of benzene rings is 1. The first kappa shape index (κ1) is 13.0. The lowest BCUT2D eigenvalue weighted by Gasteiger charge is -2.22. The fourth-order valence-corrected chi connectivity index (χ4v) is 2.38. The van der Waals surface area contributed by atoms with Crippen LogP contribution < -0.4 is 5.32 Å². The van der Waals surface area contributed by atoms with E-state index in [4.69, 9.17) is 9.47 Å². The molecule has 1 N–H and O–H groups in total. The highest BCUT2D eigenvalue weighted by molar-refractivity contribution is 5.20. The molecule has 104 valence electrons. The first-order valence-electron chi connectivity index (χ1n) is 7.04. The van der Waals surface area contributed by atoms with Crippen molar-refractivity contribution >= 4 is 0 Å². The molecule has 2 fully saturated rings. The van der Waals surface area contributed by atoms with Crippen molar-refractivity contribution in [2.45, 2.75) is 37.5 Å². The first-order valence-corrected chi connectivity index (χ1v) is 7.04. The van der Waals surface area contributed by atoms with E-state index in [1.807, 2.05) is 12.1 Å². The zero-order valence-electron chi connectivity index (χ0n) is 11.0. The SMILES string of the molecule is Fc1ccccc1C(CNC1CC1)OC1CCOC1. The molecule has 4 heteroatoms. The largest absolute Gasteiger partial charge is 0.379 e. The molecule has 1 aromatic carbocycles. The Morgan fingerprint density at radius 1 is 1.32 bits per heavy atom. The van der Waals surface area contributed by atoms with Crippen LogP contribution in [0.25, 0.3) is 0 Å². The lowest BCUT2D eigenvalue weighted by Crippen LogP contribution is -2.29. The minimum Gasteiger partial charge on any atom is -0.379 e. The Morgan fingerprint density at radius 2 is 2.16 bits per heavy atom. The third-order valence-corrected chi connectivity index (χ3v) is 3.67. The van der Waals surface area contributed by atoms with Crippen LogP contribution >= 0.6 is 0 Å². The van der Waals surface area contributed by atoms with E-state index in [2.05, 4.69) is 5.32 Å². The van der Waals surface area contributed by atoms with Gasteiger partial charge in [0.1, 0.15) is 5.82 Å². The van der Waals surface area contributed by atoms with Gasteiger partial charge >= 0.3 is 0 Å². The van der Waals surface area contributed by atoms with E-state index in [-0.39, 0.29) is 18.0 Å². The van der Waals surface area contributed by atoms with Crippen molar-refractivity contribution in [1.82, 2.24) is 5.32 Å². The second-order valence-electron chi connectivity index (χ2n) is 5.31. The van der Waals surface area contributed by atoms with Gasteiger partial charge in [-0.25, -0.2) is 4.39 Å². The molecular weight excluding hydrogens is 245 g/mol. The Hall–Kier alpha value is -0.970. The van der Waals surface area contributed by atoms with E-state index < -0.39 is 0 Å². The molecular formula is C15H20FNO2. The second kappa shape index (κ2) is 5.99. The van der Waals surface area contributed by atoms with Gasteiger partial charge < -0.3 is 14.8 Å². The van der Waals surface area contributed by atoms with Gasteiger partial charge in [0.15, 0.2) is 0 Å². The van der Waals surface area contributed by atoms with E-state index >= 15 is 0 Å². The molecule has 19 heavy (non-hydrogen) atoms. The summed E-state index contributed by atoms with van der Waals surface area (Å²) >= 11 is 0. The zero-order chi connectivity index (χ0) is 13.1. The van der Waals surface area contributed by atoms with E-state index in [9.17, 15) is 4.39 Å². The van der Waals surface area contributed by atoms with E-state index in [0.717, 1.165) is 13.0 Å². The Bertz CT molecular complexity index is 416. The molecule has 1 heterocycles. The van der Waals surface area contributed by atoms with Gasteiger partial charge in [0.2, 0.25) is 0 Å². The van der Waals surface area contributed by atoms with Crippen molar-refractivity contribution in [1.29, 1.82) is 0 Å². The maximum Gasteiger partial charge on any atom is 0.129 e. The Labute approximate surface area is 113 Å². The lowest BCUT2D eigenvalue weighted by atomic mass is 10.1. The fourth-order valence-electron chi connectivity index (χ4n) is 2.38. The van der Waals surface area contributed by atoms with Gasteiger partial charge in [-0.2, -0.15) is 0 Å². The summed E-state index contributed by atoms with van der Waals surface area (Å²) in [6.45, 7) is 2.03. The first-order chi connectivity index (χ1) is 9.33. The zero-order valence-corrected chi connectivity index (χ0v) is 11.0. The highest BCUT2D eigenvalue weighted by Crippen LogP contribution is 2.26. The van der Waals surface area contributed by atoms with Crippen molar-refractivity contribution in [3.63, 3.8) is 0 Å². The van der Waals surface area contributed by atoms with E-state index in [1.54, 1.807) is 6.07 Å². The maximum absolute atomic E-state index is 13.9. The van der Waals surface area contributed by atoms with Crippen LogP contribution in [-0.4, -0.2) is 31.9 Å². The van der Waals surface area contributed by atoms with Crippen molar-refractivity contribution in [2.75, 3.05) is 19.8 Å². The summed E-state index contributed by atoms with van der Waals surface area (Å²) in [6, 6.07) is 7.47. The molecule has 1 aliphatic heterocycles. The number of rotatable bonds is 6. The van der Waals surface area contributed by atoms with Crippen LogP contribution in [0.1, 0.15) is 30.9 Å². The molecule has 0 amide bonds. The van der Waals surface area contributed by atoms with E-state index in [1.165, 1.54) is 18.9 Å². The van der Waals surface area contributed by atoms with Gasteiger partial charge in [0.25, 0.3) is 0 Å². The van der Waals surface area contributed by atoms with Crippen LogP contribution in [0.15, 0.2) is 24.3 Å². The standard InChI is InChI=1S/C15H20FNO2/c16-14-4-2-1-3-13(14)15(9-17-11-5-6-11)19-12-7-8-18-10-12/h1-4,11-12,15,17H,5-10H2. The van der Waals surface area contributed by atoms with Crippen LogP contribution in [0.2, 0.25) is 0 Å². The number of halogens is 1. The maximum atomic E-state index is 13.9. The molecule has 0 bridgehead atoms. The van der Waals surface area contributed by atoms with Crippen LogP contribution in [0.4, 0.5) is 4.39 Å². The number of ether oxygens (including phenoxy) is 2. The topological polar surface area (TPSA) is 30.5 Å². The van der Waals surface area contributed by atoms with Gasteiger partial charge in [-0.1, -0.05) is 18.2 Å². The van der Waals surface area contributed by atoms with Crippen molar-refractivity contribution in [3.05, 3.63) is 35.6 Å². The second-order valence-corrected chi connectivity index (χ2v) is 5.31. The van der Waals surface area contributed by atoms with Gasteiger partial charge in [-0.05, 0) is 25.3 Å². The van der Waals surface area contributed by atoms with Crippen molar-refractivity contribution in [3.8, 4) is 0 Å². The Morgan fingerprint density at radius 3 is 2.84 bits per heavy atom. The summed E-state index contributed by atoms with van der Waals surface area (Å²) in [5, 5.41) is 3.42. The molecule has 0 aromatic heterocycles. The molecule has 2 atom stereocenters. The van der Waals surface area contributed by atoms with Gasteiger partial charge in [-0.3, -0.25) is 0 Å². The molecule has 1 aromatic rings. The monoisotopic (exact) mass is 265 g/mol. The normalized spacial score (nSPS) is 24.6. The molecule has 1 saturated carbocycles. The highest BCUT2D eigenvalue weighted by Gasteiger charge is 2.27. The third-order valence-electron chi connectivity index (χ3n) is 3.67. The summed E-state index contributed by atoms with van der Waals surface area (Å²) in [5.41, 5.74) is 0.641. The molecule has 2 unspecified atom stereocenters. The Balaban J connectivity index is 1.68. The predicted molar refractivity (Wildman–Crippen MR) is 70.5 cm³/mol. The smallest absolute Gasteiger partial charge is 0.129 e. The number of nitrogens with one attached hydrogen (secondary N) is 1. The summed E-state index contributed by atoms with van der Waals surface area (Å²) in [5.74, 6) is -0.191. The minimum absolute atomic E-state index is 0.0885. The van der Waals surface area contributed by atoms with E-state index in [0.29, 0.717) is 24.8 Å². The molecule has 0 radical (unpaired) electrons. The lowest BCUT2D eigenvalue weighted by molar-refractivity contribution is -0.0181. The summed E-state index contributed by atoms with van der Waals surface area (Å²) < 4.78 is 25.3. The van der Waals surface area contributed by atoms with Crippen LogP contribution in [0.3, 0.4) is 0 Å². The average molecular weight is 265 g/mol. The third kappa shape index (κ3) is 3.53. The molecule has 1 saturated heterocycles. The summed E-state index contributed by atoms with van der Waals surface area (Å²) in [6.07, 6.45) is 3.20. The number of hydrogen-bond donors (Lipinski definition) is 1. The quantitative estimate of drug-likeness (QED) is 0.857. The fraction of sp³-hybridized carbons (Fsp3) is 0.600. The molecule has 3 rings (SSSR count). The van der Waals surface area contributed by atoms with Gasteiger partial charge in [-0.15, -0.1) is 0 Å². The van der Waals surface area contributed by atoms with Crippen molar-refractivity contribution in [2.24, 2.45) is 0 Å². The van der Waals surface area contributed by atoms with Crippen LogP contribution in [0.5, 0.6) is 0 Å². The molecule has 0 spiro atoms.